The van der Waals surface area contributed by atoms with Crippen LogP contribution in [-0.2, 0) is 13.5 Å². The number of pyridine rings is 1. The molecule has 0 bridgehead atoms. The molecule has 0 atom stereocenters. The van der Waals surface area contributed by atoms with E-state index in [1.54, 1.807) is 4.68 Å². The molecule has 0 amide bonds. The molecule has 1 aromatic carbocycles. The molecule has 3 aromatic heterocycles. The Morgan fingerprint density at radius 3 is 2.88 bits per heavy atom. The van der Waals surface area contributed by atoms with Gasteiger partial charge in [-0.05, 0) is 30.0 Å². The van der Waals surface area contributed by atoms with Crippen molar-refractivity contribution in [2.45, 2.75) is 26.2 Å². The van der Waals surface area contributed by atoms with Crippen molar-refractivity contribution < 1.29 is 0 Å². The lowest BCUT2D eigenvalue weighted by molar-refractivity contribution is 0.768. The molecule has 0 spiro atoms. The van der Waals surface area contributed by atoms with Crippen molar-refractivity contribution in [2.24, 2.45) is 7.05 Å². The summed E-state index contributed by atoms with van der Waals surface area (Å²) in [4.78, 5) is 12.5. The van der Waals surface area contributed by atoms with Gasteiger partial charge in [0.2, 0.25) is 0 Å². The second-order valence-electron chi connectivity index (χ2n) is 6.35. The summed E-state index contributed by atoms with van der Waals surface area (Å²) in [6.45, 7) is 2.22. The maximum atomic E-state index is 4.63. The van der Waals surface area contributed by atoms with Crippen LogP contribution in [0.5, 0.6) is 0 Å². The Morgan fingerprint density at radius 1 is 1.16 bits per heavy atom. The molecule has 3 heterocycles. The van der Waals surface area contributed by atoms with Gasteiger partial charge in [0.05, 0.1) is 17.3 Å². The zero-order chi connectivity index (χ0) is 17.2. The number of hydrogen-bond donors (Lipinski definition) is 1. The summed E-state index contributed by atoms with van der Waals surface area (Å²) in [5.74, 6) is 0.796. The van der Waals surface area contributed by atoms with Gasteiger partial charge in [0, 0.05) is 25.0 Å². The third-order valence-electron chi connectivity index (χ3n) is 4.43. The van der Waals surface area contributed by atoms with Crippen molar-refractivity contribution in [3.05, 3.63) is 54.5 Å². The van der Waals surface area contributed by atoms with Crippen LogP contribution in [0.1, 0.15) is 25.3 Å². The van der Waals surface area contributed by atoms with E-state index in [4.69, 9.17) is 0 Å². The van der Waals surface area contributed by atoms with Crippen molar-refractivity contribution >= 4 is 11.2 Å². The highest BCUT2D eigenvalue weighted by Crippen LogP contribution is 2.29. The fraction of sp³-hybridized carbons (Fsp3) is 0.250. The van der Waals surface area contributed by atoms with Crippen molar-refractivity contribution in [3.63, 3.8) is 0 Å². The van der Waals surface area contributed by atoms with Gasteiger partial charge in [-0.25, -0.2) is 9.97 Å². The molecule has 1 N–H and O–H groups in total. The van der Waals surface area contributed by atoms with Crippen LogP contribution < -0.4 is 0 Å². The Labute approximate surface area is 146 Å². The number of aryl methyl sites for hydroxylation is 2. The normalized spacial score (nSPS) is 11.3. The molecule has 0 aliphatic rings. The lowest BCUT2D eigenvalue weighted by Crippen LogP contribution is -1.88. The number of nitrogens with zero attached hydrogens (tertiary/aromatic N) is 4. The molecule has 0 saturated carbocycles. The van der Waals surface area contributed by atoms with E-state index in [1.807, 2.05) is 31.7 Å². The third kappa shape index (κ3) is 3.05. The first-order chi connectivity index (χ1) is 12.2. The molecule has 5 nitrogen and oxygen atoms in total. The van der Waals surface area contributed by atoms with E-state index in [1.165, 1.54) is 24.0 Å². The van der Waals surface area contributed by atoms with Crippen LogP contribution in [0.2, 0.25) is 0 Å². The molecule has 0 fully saturated rings. The summed E-state index contributed by atoms with van der Waals surface area (Å²) in [5, 5.41) is 4.22. The maximum Gasteiger partial charge on any atom is 0.178 e. The Bertz CT molecular complexity index is 1010. The Balaban J connectivity index is 1.78. The van der Waals surface area contributed by atoms with Crippen LogP contribution in [0.3, 0.4) is 0 Å². The molecule has 0 radical (unpaired) electrons. The van der Waals surface area contributed by atoms with Gasteiger partial charge < -0.3 is 4.98 Å². The number of rotatable bonds is 5. The number of aromatic amines is 1. The molecule has 4 aromatic rings. The zero-order valence-electron chi connectivity index (χ0n) is 14.5. The summed E-state index contributed by atoms with van der Waals surface area (Å²) in [5.41, 5.74) is 6.36. The monoisotopic (exact) mass is 331 g/mol. The summed E-state index contributed by atoms with van der Waals surface area (Å²) in [6, 6.07) is 10.8. The number of imidazole rings is 1. The van der Waals surface area contributed by atoms with E-state index in [2.05, 4.69) is 51.2 Å². The van der Waals surface area contributed by atoms with E-state index in [0.717, 1.165) is 34.5 Å². The minimum absolute atomic E-state index is 0.732. The largest absolute Gasteiger partial charge is 0.336 e. The summed E-state index contributed by atoms with van der Waals surface area (Å²) in [6.07, 6.45) is 9.11. The van der Waals surface area contributed by atoms with Crippen LogP contribution in [0.15, 0.2) is 48.9 Å². The SMILES string of the molecule is CCCCc1cccc(-c2ccnc3nc(-c4cnn(C)c4)[nH]c23)c1. The lowest BCUT2D eigenvalue weighted by atomic mass is 10.0. The van der Waals surface area contributed by atoms with Crippen molar-refractivity contribution in [3.8, 4) is 22.5 Å². The summed E-state index contributed by atoms with van der Waals surface area (Å²) in [7, 11) is 1.90. The smallest absolute Gasteiger partial charge is 0.178 e. The quantitative estimate of drug-likeness (QED) is 0.591. The average molecular weight is 331 g/mol. The van der Waals surface area contributed by atoms with Crippen LogP contribution in [0.25, 0.3) is 33.7 Å². The fourth-order valence-electron chi connectivity index (χ4n) is 3.11. The highest BCUT2D eigenvalue weighted by Gasteiger charge is 2.12. The van der Waals surface area contributed by atoms with Crippen LogP contribution in [-0.4, -0.2) is 24.7 Å². The predicted octanol–water partition coefficient (Wildman–Crippen LogP) is 4.37. The topological polar surface area (TPSA) is 59.4 Å². The highest BCUT2D eigenvalue weighted by atomic mass is 15.2. The first-order valence-corrected chi connectivity index (χ1v) is 8.67. The van der Waals surface area contributed by atoms with Crippen molar-refractivity contribution in [1.82, 2.24) is 24.7 Å². The van der Waals surface area contributed by atoms with Gasteiger partial charge >= 0.3 is 0 Å². The predicted molar refractivity (Wildman–Crippen MR) is 100 cm³/mol. The number of benzene rings is 1. The van der Waals surface area contributed by atoms with E-state index in [-0.39, 0.29) is 0 Å². The summed E-state index contributed by atoms with van der Waals surface area (Å²) < 4.78 is 1.77. The second kappa shape index (κ2) is 6.51. The number of nitrogens with one attached hydrogen (secondary N) is 1. The van der Waals surface area contributed by atoms with Crippen LogP contribution in [0, 0.1) is 0 Å². The minimum Gasteiger partial charge on any atom is -0.336 e. The molecule has 5 heteroatoms. The van der Waals surface area contributed by atoms with E-state index < -0.39 is 0 Å². The molecule has 0 aliphatic carbocycles. The van der Waals surface area contributed by atoms with Gasteiger partial charge in [-0.15, -0.1) is 0 Å². The third-order valence-corrected chi connectivity index (χ3v) is 4.43. The molecular weight excluding hydrogens is 310 g/mol. The number of H-pyrrole nitrogens is 1. The fourth-order valence-corrected chi connectivity index (χ4v) is 3.11. The van der Waals surface area contributed by atoms with Gasteiger partial charge in [-0.2, -0.15) is 5.10 Å². The number of aromatic nitrogens is 5. The molecule has 25 heavy (non-hydrogen) atoms. The molecule has 4 rings (SSSR count). The van der Waals surface area contributed by atoms with E-state index in [0.29, 0.717) is 0 Å². The van der Waals surface area contributed by atoms with Gasteiger partial charge in [0.25, 0.3) is 0 Å². The van der Waals surface area contributed by atoms with Crippen molar-refractivity contribution in [1.29, 1.82) is 0 Å². The first kappa shape index (κ1) is 15.6. The lowest BCUT2D eigenvalue weighted by Gasteiger charge is -2.06. The van der Waals surface area contributed by atoms with Crippen LogP contribution >= 0.6 is 0 Å². The number of fused-ring (bicyclic) bond motifs is 1. The van der Waals surface area contributed by atoms with E-state index >= 15 is 0 Å². The second-order valence-corrected chi connectivity index (χ2v) is 6.35. The minimum atomic E-state index is 0.732. The summed E-state index contributed by atoms with van der Waals surface area (Å²) >= 11 is 0. The molecule has 0 saturated heterocycles. The molecule has 0 aliphatic heterocycles. The molecule has 0 unspecified atom stereocenters. The number of unbranched alkanes of at least 4 members (excludes halogenated alkanes) is 1. The Hall–Kier alpha value is -2.95. The van der Waals surface area contributed by atoms with Crippen LogP contribution in [0.4, 0.5) is 0 Å². The molecule has 126 valence electrons. The standard InChI is InChI=1S/C20H21N5/c1-3-4-6-14-7-5-8-15(11-14)17-9-10-21-20-18(17)23-19(24-20)16-12-22-25(2)13-16/h5,7-13H,3-4,6H2,1-2H3,(H,21,23,24). The first-order valence-electron chi connectivity index (χ1n) is 8.67. The highest BCUT2D eigenvalue weighted by molar-refractivity contribution is 5.91. The Morgan fingerprint density at radius 2 is 2.08 bits per heavy atom. The average Bonchev–Trinajstić information content (AvgIpc) is 3.25. The van der Waals surface area contributed by atoms with Gasteiger partial charge in [-0.1, -0.05) is 37.6 Å². The van der Waals surface area contributed by atoms with Gasteiger partial charge in [0.1, 0.15) is 5.82 Å². The Kier molecular flexibility index (Phi) is 4.06. The van der Waals surface area contributed by atoms with Gasteiger partial charge in [0.15, 0.2) is 5.65 Å². The zero-order valence-corrected chi connectivity index (χ0v) is 14.5. The molecular formula is C20H21N5. The van der Waals surface area contributed by atoms with E-state index in [9.17, 15) is 0 Å². The van der Waals surface area contributed by atoms with Gasteiger partial charge in [-0.3, -0.25) is 4.68 Å². The number of hydrogen-bond acceptors (Lipinski definition) is 3. The maximum absolute atomic E-state index is 4.63. The van der Waals surface area contributed by atoms with Crippen molar-refractivity contribution in [2.75, 3.05) is 0 Å².